The second-order valence-electron chi connectivity index (χ2n) is 4.14. The van der Waals surface area contributed by atoms with Crippen LogP contribution in [0.3, 0.4) is 0 Å². The molecule has 0 aliphatic rings. The second kappa shape index (κ2) is 6.35. The Balaban J connectivity index is 2.29. The Bertz CT molecular complexity index is 336. The Morgan fingerprint density at radius 3 is 2.94 bits per heavy atom. The number of rotatable bonds is 7. The van der Waals surface area contributed by atoms with Gasteiger partial charge >= 0.3 is 0 Å². The van der Waals surface area contributed by atoms with Crippen LogP contribution < -0.4 is 0 Å². The molecule has 0 amide bonds. The number of aromatic nitrogens is 3. The number of hydrogen-bond donors (Lipinski definition) is 0. The molecule has 0 aliphatic carbocycles. The number of Topliss-reactive ketones (excluding diaryl/α,β-unsaturated/α-hetero) is 1. The van der Waals surface area contributed by atoms with Crippen molar-refractivity contribution in [1.82, 2.24) is 15.0 Å². The molecule has 1 heterocycles. The molecule has 0 spiro atoms. The summed E-state index contributed by atoms with van der Waals surface area (Å²) in [5.41, 5.74) is 0.824. The first-order chi connectivity index (χ1) is 7.63. The lowest BCUT2D eigenvalue weighted by Crippen LogP contribution is -2.06. The number of carbonyl (C=O) groups excluding carboxylic acids is 1. The molecule has 16 heavy (non-hydrogen) atoms. The zero-order chi connectivity index (χ0) is 12.0. The number of carbonyl (C=O) groups is 1. The van der Waals surface area contributed by atoms with Gasteiger partial charge in [-0.2, -0.15) is 0 Å². The fourth-order valence-electron chi connectivity index (χ4n) is 1.38. The van der Waals surface area contributed by atoms with Crippen molar-refractivity contribution in [2.75, 3.05) is 6.67 Å². The Kier molecular flexibility index (Phi) is 5.08. The Labute approximate surface area is 94.8 Å². The summed E-state index contributed by atoms with van der Waals surface area (Å²) in [7, 11) is 0. The van der Waals surface area contributed by atoms with Gasteiger partial charge in [-0.3, -0.25) is 4.79 Å². The van der Waals surface area contributed by atoms with Gasteiger partial charge in [0.15, 0.2) is 0 Å². The Morgan fingerprint density at radius 1 is 1.56 bits per heavy atom. The van der Waals surface area contributed by atoms with E-state index in [1.54, 1.807) is 6.20 Å². The van der Waals surface area contributed by atoms with Crippen LogP contribution in [-0.4, -0.2) is 27.5 Å². The smallest absolute Gasteiger partial charge is 0.135 e. The highest BCUT2D eigenvalue weighted by atomic mass is 19.1. The Hall–Kier alpha value is -1.26. The molecule has 0 radical (unpaired) electrons. The molecule has 0 aliphatic heterocycles. The van der Waals surface area contributed by atoms with Crippen molar-refractivity contribution in [3.63, 3.8) is 0 Å². The molecule has 0 atom stereocenters. The maximum absolute atomic E-state index is 12.0. The van der Waals surface area contributed by atoms with Gasteiger partial charge in [-0.05, 0) is 12.8 Å². The maximum Gasteiger partial charge on any atom is 0.135 e. The van der Waals surface area contributed by atoms with Crippen LogP contribution in [0.25, 0.3) is 0 Å². The topological polar surface area (TPSA) is 47.8 Å². The van der Waals surface area contributed by atoms with Crippen molar-refractivity contribution in [2.45, 2.75) is 39.7 Å². The van der Waals surface area contributed by atoms with E-state index in [1.807, 2.05) is 13.8 Å². The first-order valence-electron chi connectivity index (χ1n) is 5.61. The lowest BCUT2D eigenvalue weighted by molar-refractivity contribution is -0.121. The van der Waals surface area contributed by atoms with Crippen molar-refractivity contribution in [3.05, 3.63) is 11.9 Å². The first-order valence-corrected chi connectivity index (χ1v) is 5.61. The predicted octanol–water partition coefficient (Wildman–Crippen LogP) is 1.80. The highest BCUT2D eigenvalue weighted by Gasteiger charge is 2.07. The third kappa shape index (κ3) is 4.08. The third-order valence-corrected chi connectivity index (χ3v) is 2.40. The third-order valence-electron chi connectivity index (χ3n) is 2.40. The molecular weight excluding hydrogens is 209 g/mol. The zero-order valence-corrected chi connectivity index (χ0v) is 9.82. The summed E-state index contributed by atoms with van der Waals surface area (Å²) in [6, 6.07) is 0. The number of nitrogens with zero attached hydrogens (tertiary/aromatic N) is 3. The van der Waals surface area contributed by atoms with Crippen LogP contribution in [-0.2, 0) is 17.8 Å². The normalized spacial score (nSPS) is 11.0. The summed E-state index contributed by atoms with van der Waals surface area (Å²) in [6.07, 6.45) is 3.82. The quantitative estimate of drug-likeness (QED) is 0.713. The van der Waals surface area contributed by atoms with Crippen LogP contribution >= 0.6 is 0 Å². The van der Waals surface area contributed by atoms with E-state index in [2.05, 4.69) is 10.3 Å². The van der Waals surface area contributed by atoms with Crippen LogP contribution in [0, 0.1) is 5.92 Å². The summed E-state index contributed by atoms with van der Waals surface area (Å²) < 4.78 is 13.5. The van der Waals surface area contributed by atoms with Crippen molar-refractivity contribution in [3.8, 4) is 0 Å². The van der Waals surface area contributed by atoms with Crippen LogP contribution in [0.5, 0.6) is 0 Å². The fraction of sp³-hybridized carbons (Fsp3) is 0.727. The molecule has 0 bridgehead atoms. The van der Waals surface area contributed by atoms with Gasteiger partial charge in [-0.15, -0.1) is 5.10 Å². The number of halogens is 1. The van der Waals surface area contributed by atoms with E-state index < -0.39 is 6.67 Å². The molecular formula is C11H18FN3O. The van der Waals surface area contributed by atoms with Gasteiger partial charge in [0.1, 0.15) is 12.5 Å². The summed E-state index contributed by atoms with van der Waals surface area (Å²) in [4.78, 5) is 11.3. The van der Waals surface area contributed by atoms with E-state index in [0.717, 1.165) is 18.5 Å². The van der Waals surface area contributed by atoms with Crippen LogP contribution in [0.1, 0.15) is 32.4 Å². The molecule has 0 saturated heterocycles. The number of ketones is 1. The molecule has 1 rings (SSSR count). The van der Waals surface area contributed by atoms with E-state index in [0.29, 0.717) is 6.42 Å². The van der Waals surface area contributed by atoms with Gasteiger partial charge in [0.05, 0.1) is 12.2 Å². The highest BCUT2D eigenvalue weighted by molar-refractivity contribution is 5.80. The molecule has 0 N–H and O–H groups in total. The summed E-state index contributed by atoms with van der Waals surface area (Å²) >= 11 is 0. The monoisotopic (exact) mass is 227 g/mol. The SMILES string of the molecule is CC(C)C(=O)CCCc1cn(CCF)nn1. The number of aryl methyl sites for hydroxylation is 2. The second-order valence-corrected chi connectivity index (χ2v) is 4.14. The van der Waals surface area contributed by atoms with Crippen LogP contribution in [0.15, 0.2) is 6.20 Å². The molecule has 1 aromatic heterocycles. The average Bonchev–Trinajstić information content (AvgIpc) is 2.66. The largest absolute Gasteiger partial charge is 0.299 e. The molecule has 90 valence electrons. The summed E-state index contributed by atoms with van der Waals surface area (Å²) in [6.45, 7) is 3.62. The maximum atomic E-state index is 12.0. The van der Waals surface area contributed by atoms with Crippen molar-refractivity contribution in [1.29, 1.82) is 0 Å². The van der Waals surface area contributed by atoms with E-state index >= 15 is 0 Å². The molecule has 0 fully saturated rings. The van der Waals surface area contributed by atoms with Gasteiger partial charge < -0.3 is 0 Å². The summed E-state index contributed by atoms with van der Waals surface area (Å²) in [5, 5.41) is 7.69. The Morgan fingerprint density at radius 2 is 2.31 bits per heavy atom. The van der Waals surface area contributed by atoms with Gasteiger partial charge in [0, 0.05) is 18.5 Å². The van der Waals surface area contributed by atoms with Crippen molar-refractivity contribution >= 4 is 5.78 Å². The minimum Gasteiger partial charge on any atom is -0.299 e. The number of alkyl halides is 1. The number of hydrogen-bond acceptors (Lipinski definition) is 3. The molecule has 5 heteroatoms. The van der Waals surface area contributed by atoms with E-state index in [9.17, 15) is 9.18 Å². The molecule has 0 unspecified atom stereocenters. The lowest BCUT2D eigenvalue weighted by atomic mass is 10.0. The highest BCUT2D eigenvalue weighted by Crippen LogP contribution is 2.06. The van der Waals surface area contributed by atoms with E-state index in [1.165, 1.54) is 4.68 Å². The standard InChI is InChI=1S/C11H18FN3O/c1-9(2)11(16)5-3-4-10-8-15(7-6-12)14-13-10/h8-9H,3-7H2,1-2H3. The van der Waals surface area contributed by atoms with Gasteiger partial charge in [0.2, 0.25) is 0 Å². The first kappa shape index (κ1) is 12.8. The van der Waals surface area contributed by atoms with Gasteiger partial charge in [-0.1, -0.05) is 19.1 Å². The van der Waals surface area contributed by atoms with Gasteiger partial charge in [0.25, 0.3) is 0 Å². The van der Waals surface area contributed by atoms with Crippen molar-refractivity contribution in [2.24, 2.45) is 5.92 Å². The van der Waals surface area contributed by atoms with E-state index in [-0.39, 0.29) is 18.2 Å². The minimum absolute atomic E-state index is 0.0993. The van der Waals surface area contributed by atoms with Crippen molar-refractivity contribution < 1.29 is 9.18 Å². The van der Waals surface area contributed by atoms with E-state index in [4.69, 9.17) is 0 Å². The van der Waals surface area contributed by atoms with Crippen LogP contribution in [0.4, 0.5) is 4.39 Å². The van der Waals surface area contributed by atoms with Gasteiger partial charge in [-0.25, -0.2) is 9.07 Å². The molecule has 0 saturated carbocycles. The minimum atomic E-state index is -0.436. The predicted molar refractivity (Wildman–Crippen MR) is 58.8 cm³/mol. The summed E-state index contributed by atoms with van der Waals surface area (Å²) in [5.74, 6) is 0.373. The lowest BCUT2D eigenvalue weighted by Gasteiger charge is -2.01. The molecule has 0 aromatic carbocycles. The zero-order valence-electron chi connectivity index (χ0n) is 9.82. The average molecular weight is 227 g/mol. The molecule has 1 aromatic rings. The van der Waals surface area contributed by atoms with Crippen LogP contribution in [0.2, 0.25) is 0 Å². The molecule has 4 nitrogen and oxygen atoms in total. The fourth-order valence-corrected chi connectivity index (χ4v) is 1.38.